The molecule has 23 heavy (non-hydrogen) atoms. The molecule has 2 rings (SSSR count). The van der Waals surface area contributed by atoms with Crippen molar-refractivity contribution < 1.29 is 9.90 Å². The second kappa shape index (κ2) is 8.20. The van der Waals surface area contributed by atoms with E-state index in [0.29, 0.717) is 15.6 Å². The van der Waals surface area contributed by atoms with Crippen molar-refractivity contribution in [3.63, 3.8) is 0 Å². The molecule has 0 aliphatic carbocycles. The van der Waals surface area contributed by atoms with Gasteiger partial charge in [0.05, 0.1) is 28.9 Å². The molecule has 2 atom stereocenters. The van der Waals surface area contributed by atoms with Crippen LogP contribution in [0.1, 0.15) is 30.9 Å². The Hall–Kier alpha value is -1.01. The topological polar surface area (TPSA) is 55.8 Å². The minimum absolute atomic E-state index is 0.0675. The minimum atomic E-state index is -0.593. The predicted molar refractivity (Wildman–Crippen MR) is 92.9 cm³/mol. The molecule has 0 bridgehead atoms. The fraction of sp³-hybridized carbons (Fsp3) is 0.562. The second-order valence-corrected chi connectivity index (χ2v) is 6.68. The number of hydrogen-bond acceptors (Lipinski definition) is 3. The number of piperidine rings is 1. The van der Waals surface area contributed by atoms with Crippen LogP contribution in [-0.4, -0.2) is 54.4 Å². The highest BCUT2D eigenvalue weighted by Gasteiger charge is 2.28. The lowest BCUT2D eigenvalue weighted by molar-refractivity contribution is 0.0683. The van der Waals surface area contributed by atoms with Gasteiger partial charge in [0, 0.05) is 7.05 Å². The lowest BCUT2D eigenvalue weighted by atomic mass is 10.1. The zero-order chi connectivity index (χ0) is 17.0. The zero-order valence-corrected chi connectivity index (χ0v) is 14.9. The van der Waals surface area contributed by atoms with Crippen LogP contribution >= 0.6 is 23.2 Å². The van der Waals surface area contributed by atoms with E-state index < -0.39 is 6.04 Å². The van der Waals surface area contributed by atoms with E-state index in [2.05, 4.69) is 10.2 Å². The Morgan fingerprint density at radius 3 is 2.87 bits per heavy atom. The van der Waals surface area contributed by atoms with E-state index in [4.69, 9.17) is 23.2 Å². The Balaban J connectivity index is 2.08. The van der Waals surface area contributed by atoms with Gasteiger partial charge in [-0.1, -0.05) is 35.3 Å². The Kier molecular flexibility index (Phi) is 6.53. The Bertz CT molecular complexity index is 556. The first-order valence-electron chi connectivity index (χ1n) is 7.74. The highest BCUT2D eigenvalue weighted by molar-refractivity contribution is 6.42. The first-order valence-corrected chi connectivity index (χ1v) is 8.49. The summed E-state index contributed by atoms with van der Waals surface area (Å²) in [4.78, 5) is 16.4. The van der Waals surface area contributed by atoms with Crippen LogP contribution in [0.25, 0.3) is 0 Å². The fourth-order valence-electron chi connectivity index (χ4n) is 2.94. The van der Waals surface area contributed by atoms with Gasteiger partial charge in [-0.25, -0.2) is 4.79 Å². The maximum absolute atomic E-state index is 12.5. The summed E-state index contributed by atoms with van der Waals surface area (Å²) in [5, 5.41) is 13.2. The van der Waals surface area contributed by atoms with Gasteiger partial charge in [0.1, 0.15) is 0 Å². The number of rotatable bonds is 4. The Labute approximate surface area is 147 Å². The molecule has 1 fully saturated rings. The van der Waals surface area contributed by atoms with Crippen molar-refractivity contribution in [1.82, 2.24) is 15.1 Å². The quantitative estimate of drug-likeness (QED) is 0.868. The molecule has 1 aromatic carbocycles. The number of benzene rings is 1. The number of carbonyl (C=O) groups is 1. The minimum Gasteiger partial charge on any atom is -0.394 e. The van der Waals surface area contributed by atoms with Crippen LogP contribution in [0.2, 0.25) is 10.0 Å². The van der Waals surface area contributed by atoms with Gasteiger partial charge in [0.25, 0.3) is 0 Å². The standard InChI is InChI=1S/C16H23Cl2N3O2/c1-20-9-4-3-8-14(20)21(2)16(23)19-13(10-22)11-6-5-7-12(17)15(11)18/h5-7,13-14,22H,3-4,8-10H2,1-2H3,(H,19,23). The summed E-state index contributed by atoms with van der Waals surface area (Å²) < 4.78 is 0. The van der Waals surface area contributed by atoms with Gasteiger partial charge in [0.2, 0.25) is 0 Å². The number of nitrogens with zero attached hydrogens (tertiary/aromatic N) is 2. The highest BCUT2D eigenvalue weighted by atomic mass is 35.5. The van der Waals surface area contributed by atoms with Crippen molar-refractivity contribution in [2.75, 3.05) is 27.2 Å². The molecule has 5 nitrogen and oxygen atoms in total. The monoisotopic (exact) mass is 359 g/mol. The number of hydrogen-bond donors (Lipinski definition) is 2. The molecule has 7 heteroatoms. The van der Waals surface area contributed by atoms with Crippen LogP contribution in [0.4, 0.5) is 4.79 Å². The summed E-state index contributed by atoms with van der Waals surface area (Å²) in [6.07, 6.45) is 3.27. The van der Waals surface area contributed by atoms with E-state index in [9.17, 15) is 9.90 Å². The third-order valence-electron chi connectivity index (χ3n) is 4.34. The number of aliphatic hydroxyl groups excluding tert-OH is 1. The van der Waals surface area contributed by atoms with Crippen LogP contribution in [0.5, 0.6) is 0 Å². The Morgan fingerprint density at radius 1 is 1.48 bits per heavy atom. The van der Waals surface area contributed by atoms with Crippen molar-refractivity contribution in [3.05, 3.63) is 33.8 Å². The van der Waals surface area contributed by atoms with E-state index in [0.717, 1.165) is 25.8 Å². The third-order valence-corrected chi connectivity index (χ3v) is 5.17. The smallest absolute Gasteiger partial charge is 0.318 e. The molecule has 2 unspecified atom stereocenters. The number of halogens is 2. The summed E-state index contributed by atoms with van der Waals surface area (Å²) in [6, 6.07) is 4.34. The van der Waals surface area contributed by atoms with E-state index in [1.54, 1.807) is 30.1 Å². The lowest BCUT2D eigenvalue weighted by Gasteiger charge is -2.39. The molecule has 0 saturated carbocycles. The molecule has 2 N–H and O–H groups in total. The summed E-state index contributed by atoms with van der Waals surface area (Å²) in [7, 11) is 3.79. The van der Waals surface area contributed by atoms with Crippen LogP contribution in [-0.2, 0) is 0 Å². The molecular weight excluding hydrogens is 337 g/mol. The molecule has 1 aliphatic rings. The number of urea groups is 1. The molecule has 0 spiro atoms. The first kappa shape index (κ1) is 18.3. The van der Waals surface area contributed by atoms with Crippen LogP contribution in [0.3, 0.4) is 0 Å². The predicted octanol–water partition coefficient (Wildman–Crippen LogP) is 3.11. The van der Waals surface area contributed by atoms with Crippen molar-refractivity contribution in [2.24, 2.45) is 0 Å². The van der Waals surface area contributed by atoms with E-state index in [-0.39, 0.29) is 18.8 Å². The zero-order valence-electron chi connectivity index (χ0n) is 13.4. The molecule has 1 saturated heterocycles. The summed E-state index contributed by atoms with van der Waals surface area (Å²) >= 11 is 12.2. The van der Waals surface area contributed by atoms with E-state index >= 15 is 0 Å². The van der Waals surface area contributed by atoms with Crippen molar-refractivity contribution in [2.45, 2.75) is 31.5 Å². The number of amides is 2. The number of aliphatic hydroxyl groups is 1. The summed E-state index contributed by atoms with van der Waals surface area (Å²) in [5.74, 6) is 0. The van der Waals surface area contributed by atoms with Gasteiger partial charge in [0.15, 0.2) is 0 Å². The average Bonchev–Trinajstić information content (AvgIpc) is 2.55. The molecule has 1 aromatic rings. The van der Waals surface area contributed by atoms with Crippen molar-refractivity contribution >= 4 is 29.2 Å². The number of likely N-dealkylation sites (tertiary alicyclic amines) is 1. The Morgan fingerprint density at radius 2 is 2.22 bits per heavy atom. The second-order valence-electron chi connectivity index (χ2n) is 5.90. The van der Waals surface area contributed by atoms with Gasteiger partial charge in [-0.05, 0) is 44.5 Å². The number of nitrogens with one attached hydrogen (secondary N) is 1. The fourth-order valence-corrected chi connectivity index (χ4v) is 3.38. The summed E-state index contributed by atoms with van der Waals surface area (Å²) in [5.41, 5.74) is 0.611. The van der Waals surface area contributed by atoms with Crippen LogP contribution in [0, 0.1) is 0 Å². The van der Waals surface area contributed by atoms with Crippen molar-refractivity contribution in [1.29, 1.82) is 0 Å². The maximum atomic E-state index is 12.5. The molecule has 2 amide bonds. The third kappa shape index (κ3) is 4.29. The molecule has 0 radical (unpaired) electrons. The molecular formula is C16H23Cl2N3O2. The molecule has 0 aromatic heterocycles. The maximum Gasteiger partial charge on any atom is 0.318 e. The lowest BCUT2D eigenvalue weighted by Crippen LogP contribution is -2.53. The van der Waals surface area contributed by atoms with Gasteiger partial charge in [-0.15, -0.1) is 0 Å². The number of carbonyl (C=O) groups excluding carboxylic acids is 1. The van der Waals surface area contributed by atoms with Gasteiger partial charge in [-0.2, -0.15) is 0 Å². The van der Waals surface area contributed by atoms with Gasteiger partial charge >= 0.3 is 6.03 Å². The van der Waals surface area contributed by atoms with Crippen LogP contribution in [0.15, 0.2) is 18.2 Å². The van der Waals surface area contributed by atoms with Crippen LogP contribution < -0.4 is 5.32 Å². The van der Waals surface area contributed by atoms with E-state index in [1.807, 2.05) is 7.05 Å². The summed E-state index contributed by atoms with van der Waals surface area (Å²) in [6.45, 7) is 0.728. The van der Waals surface area contributed by atoms with Crippen molar-refractivity contribution in [3.8, 4) is 0 Å². The highest BCUT2D eigenvalue weighted by Crippen LogP contribution is 2.30. The molecule has 128 valence electrons. The molecule has 1 heterocycles. The van der Waals surface area contributed by atoms with Gasteiger partial charge < -0.3 is 15.3 Å². The normalized spacial score (nSPS) is 20.1. The first-order chi connectivity index (χ1) is 11.0. The van der Waals surface area contributed by atoms with Gasteiger partial charge in [-0.3, -0.25) is 4.90 Å². The largest absolute Gasteiger partial charge is 0.394 e. The SMILES string of the molecule is CN1CCCCC1N(C)C(=O)NC(CO)c1cccc(Cl)c1Cl. The molecule has 1 aliphatic heterocycles. The average molecular weight is 360 g/mol. The van der Waals surface area contributed by atoms with E-state index in [1.165, 1.54) is 0 Å².